The Hall–Kier alpha value is -10.1. The third kappa shape index (κ3) is 32.8. The average molecular weight is 1690 g/mol. The number of anilines is 3. The van der Waals surface area contributed by atoms with Crippen LogP contribution < -0.4 is 49.1 Å². The fourth-order valence-corrected chi connectivity index (χ4v) is 9.54. The molecule has 36 heteroatoms. The Kier molecular flexibility index (Phi) is 40.2. The van der Waals surface area contributed by atoms with E-state index in [4.69, 9.17) is 108 Å². The molecule has 1 fully saturated rings. The van der Waals surface area contributed by atoms with Gasteiger partial charge in [0.05, 0.1) is 78.6 Å². The molecular weight excluding hydrogens is 1610 g/mol. The first-order valence-corrected chi connectivity index (χ1v) is 38.2. The number of nitrogens with two attached hydrogens (primary N) is 3. The number of hydrazine groups is 1. The second-order valence-electron chi connectivity index (χ2n) is 24.9. The summed E-state index contributed by atoms with van der Waals surface area (Å²) in [6.45, 7) is 19.1. The van der Waals surface area contributed by atoms with Crippen molar-refractivity contribution in [1.82, 2.24) is 30.2 Å². The van der Waals surface area contributed by atoms with E-state index in [-0.39, 0.29) is 60.4 Å². The summed E-state index contributed by atoms with van der Waals surface area (Å²) in [7, 11) is 2.57. The lowest BCUT2D eigenvalue weighted by Gasteiger charge is -2.32. The molecule has 0 atom stereocenters. The van der Waals surface area contributed by atoms with Crippen LogP contribution >= 0.6 is 96.9 Å². The van der Waals surface area contributed by atoms with Crippen molar-refractivity contribution in [2.24, 2.45) is 11.7 Å². The summed E-state index contributed by atoms with van der Waals surface area (Å²) in [5.41, 5.74) is 12.4. The number of nitriles is 5. The second kappa shape index (κ2) is 45.9. The summed E-state index contributed by atoms with van der Waals surface area (Å²) in [5, 5.41) is 50.4. The Morgan fingerprint density at radius 1 is 0.559 bits per heavy atom. The van der Waals surface area contributed by atoms with Crippen LogP contribution in [0.25, 0.3) is 33.8 Å². The van der Waals surface area contributed by atoms with E-state index in [0.717, 1.165) is 27.7 Å². The van der Waals surface area contributed by atoms with Crippen LogP contribution in [0.15, 0.2) is 163 Å². The lowest BCUT2D eigenvalue weighted by Crippen LogP contribution is -2.41. The number of nitrogen functional groups attached to an aromatic ring is 1. The van der Waals surface area contributed by atoms with Crippen molar-refractivity contribution in [2.45, 2.75) is 105 Å². The molecule has 10 N–H and O–H groups in total. The minimum Gasteiger partial charge on any atom is -0.495 e. The van der Waals surface area contributed by atoms with Crippen molar-refractivity contribution in [3.63, 3.8) is 0 Å². The predicted molar refractivity (Wildman–Crippen MR) is 440 cm³/mol. The maximum atomic E-state index is 11.9. The van der Waals surface area contributed by atoms with E-state index in [1.54, 1.807) is 131 Å². The number of ether oxygens (including phenoxy) is 3. The van der Waals surface area contributed by atoms with Crippen LogP contribution in [0.3, 0.4) is 0 Å². The molecule has 4 aromatic carbocycles. The van der Waals surface area contributed by atoms with Crippen molar-refractivity contribution in [3.8, 4) is 69.9 Å². The zero-order valence-electron chi connectivity index (χ0n) is 61.1. The van der Waals surface area contributed by atoms with E-state index in [1.165, 1.54) is 31.6 Å². The standard InChI is InChI=1S/C18H27BO4.C17H16ClN3O2.C14H11ClN4O.C12H8ClN3.C7H6N2O2.C6H2Cl2N2.CH4.Cl3OP.H4N2/c1-16(2,3)21-15(20)12-13-8-10-14(11-9-13)19-22-17(4,5)18(6,7)23-19;1-17(2,3)23-16(22)21-12-6-4-11(5-7-12)15-13(10-19)14(18)8-9-20-15;1-17-14(20)19-10-4-2-9(3-5-10)13-11(8-16)12(15)6-7-18-13;13-11-5-6-16-12(10(11)7-14)8-1-3-9(15)4-2-8;1-11-6-2-3-9-7(10)5(6)4-8;7-5-1-2-10-6(8)4(5)3-9;;1-5(2,3)4;1-2/h8-11H,12H2,1-7H3;4-9H,1-3H3,(H,21,22);2-7H,1H3,(H2,17,19,20);1-6H,15H2;2-3H,1H3,(H,9,10);1-2H;1H4;;1-2H2. The fourth-order valence-electron chi connectivity index (χ4n) is 8.54. The molecule has 111 heavy (non-hydrogen) atoms. The fraction of sp³-hybridized carbons (Fsp3) is 0.240. The summed E-state index contributed by atoms with van der Waals surface area (Å²) in [5.74, 6) is 8.08. The highest BCUT2D eigenvalue weighted by Gasteiger charge is 2.51. The first-order valence-electron chi connectivity index (χ1n) is 31.9. The number of carbonyl (C=O) groups excluding carboxylic acids is 3. The number of pyridine rings is 5. The number of amides is 3. The molecule has 26 nitrogen and oxygen atoms in total. The Morgan fingerprint density at radius 2 is 0.919 bits per heavy atom. The highest BCUT2D eigenvalue weighted by Crippen LogP contribution is 2.61. The van der Waals surface area contributed by atoms with Crippen LogP contribution in [0.2, 0.25) is 25.2 Å². The number of benzene rings is 4. The number of aromatic amines is 1. The highest BCUT2D eigenvalue weighted by molar-refractivity contribution is 8.24. The summed E-state index contributed by atoms with van der Waals surface area (Å²) < 4.78 is 36.9. The molecule has 0 aliphatic carbocycles. The van der Waals surface area contributed by atoms with Gasteiger partial charge in [-0.25, -0.2) is 14.6 Å². The largest absolute Gasteiger partial charge is 0.495 e. The lowest BCUT2D eigenvalue weighted by molar-refractivity contribution is -0.153. The number of nitrogens with one attached hydrogen (secondary N) is 4. The van der Waals surface area contributed by atoms with Gasteiger partial charge in [0, 0.05) is 71.8 Å². The maximum Gasteiger partial charge on any atom is 0.494 e. The number of methoxy groups -OCH3 is 1. The van der Waals surface area contributed by atoms with E-state index in [2.05, 4.69) is 98.4 Å². The van der Waals surface area contributed by atoms with Crippen molar-refractivity contribution in [3.05, 3.63) is 227 Å². The third-order valence-electron chi connectivity index (χ3n) is 14.2. The van der Waals surface area contributed by atoms with E-state index in [9.17, 15) is 29.0 Å². The zero-order valence-corrected chi connectivity index (χ0v) is 68.0. The number of carbonyl (C=O) groups is 3. The number of nitrogens with zero attached hydrogens (tertiary/aromatic N) is 9. The molecular formula is C75H78BCl8N16O10P. The predicted octanol–water partition coefficient (Wildman–Crippen LogP) is 18.2. The van der Waals surface area contributed by atoms with Gasteiger partial charge in [-0.05, 0) is 181 Å². The third-order valence-corrected chi connectivity index (χ3v) is 15.7. The van der Waals surface area contributed by atoms with Crippen molar-refractivity contribution in [2.75, 3.05) is 30.5 Å². The second-order valence-corrected chi connectivity index (χ2v) is 33.5. The molecule has 0 radical (unpaired) electrons. The molecule has 6 heterocycles. The molecule has 5 aromatic heterocycles. The highest BCUT2D eigenvalue weighted by atomic mass is 36.0. The van der Waals surface area contributed by atoms with Gasteiger partial charge in [0.1, 0.15) is 58.0 Å². The molecule has 9 aromatic rings. The normalized spacial score (nSPS) is 11.7. The lowest BCUT2D eigenvalue weighted by atomic mass is 9.79. The Balaban J connectivity index is 0.000000452. The number of urea groups is 1. The molecule has 0 unspecified atom stereocenters. The van der Waals surface area contributed by atoms with Gasteiger partial charge in [-0.15, -0.1) is 0 Å². The van der Waals surface area contributed by atoms with E-state index >= 15 is 0 Å². The summed E-state index contributed by atoms with van der Waals surface area (Å²) in [6, 6.07) is 46.0. The smallest absolute Gasteiger partial charge is 0.494 e. The molecule has 1 aliphatic rings. The minimum atomic E-state index is -3.22. The summed E-state index contributed by atoms with van der Waals surface area (Å²) in [4.78, 5) is 64.2. The number of esters is 1. The number of hydrogen-bond donors (Lipinski definition) is 7. The molecule has 0 saturated carbocycles. The minimum absolute atomic E-state index is 0. The van der Waals surface area contributed by atoms with Gasteiger partial charge in [0.15, 0.2) is 5.56 Å². The maximum absolute atomic E-state index is 11.9. The first-order chi connectivity index (χ1) is 51.6. The molecule has 10 rings (SSSR count). The quantitative estimate of drug-likeness (QED) is 0.0134. The van der Waals surface area contributed by atoms with E-state index in [0.29, 0.717) is 76.7 Å². The average Bonchev–Trinajstić information content (AvgIpc) is 1.63. The van der Waals surface area contributed by atoms with Crippen LogP contribution in [0.1, 0.15) is 110 Å². The van der Waals surface area contributed by atoms with Crippen molar-refractivity contribution < 1.29 is 42.5 Å². The monoisotopic (exact) mass is 1680 g/mol. The molecule has 1 aliphatic heterocycles. The van der Waals surface area contributed by atoms with Gasteiger partial charge >= 0.3 is 30.4 Å². The van der Waals surface area contributed by atoms with Gasteiger partial charge < -0.3 is 44.9 Å². The molecule has 582 valence electrons. The number of H-pyrrole nitrogens is 1. The van der Waals surface area contributed by atoms with Gasteiger partial charge in [-0.1, -0.05) is 126 Å². The molecule has 1 saturated heterocycles. The zero-order chi connectivity index (χ0) is 82.9. The SMILES string of the molecule is C.CC(C)(C)OC(=O)Cc1ccc(B2OC(C)(C)C(C)(C)O2)cc1.CC(C)(C)OC(=O)Nc1ccc(-c2nccc(Cl)c2C#N)cc1.CNC(=O)Nc1ccc(-c2nccc(Cl)c2C#N)cc1.COc1cc[nH]c(=O)c1C#N.N#Cc1c(Cl)ccnc1-c1ccc(N)cc1.N#Cc1c(Cl)ccnc1Cl.NN.O=P(Cl)(Cl)Cl. The Labute approximate surface area is 683 Å². The van der Waals surface area contributed by atoms with Gasteiger partial charge in [0.25, 0.3) is 5.56 Å². The van der Waals surface area contributed by atoms with Crippen LogP contribution in [-0.4, -0.2) is 86.7 Å². The molecule has 0 spiro atoms. The Bertz CT molecular complexity index is 4900. The van der Waals surface area contributed by atoms with Crippen LogP contribution in [0.5, 0.6) is 5.75 Å². The van der Waals surface area contributed by atoms with Gasteiger partial charge in [-0.3, -0.25) is 46.1 Å². The Morgan fingerprint density at radius 3 is 1.25 bits per heavy atom. The number of rotatable bonds is 9. The number of hydrogen-bond acceptors (Lipinski definition) is 22. The van der Waals surface area contributed by atoms with E-state index in [1.807, 2.05) is 97.0 Å². The number of aromatic nitrogens is 5. The molecule has 3 amide bonds. The number of halogens is 8. The summed E-state index contributed by atoms with van der Waals surface area (Å²) >= 11 is 42.8. The summed E-state index contributed by atoms with van der Waals surface area (Å²) in [6.07, 6.45) is 7.30. The first kappa shape index (κ1) is 97.0. The van der Waals surface area contributed by atoms with Crippen molar-refractivity contribution in [1.29, 1.82) is 26.3 Å². The van der Waals surface area contributed by atoms with Gasteiger partial charge in [-0.2, -0.15) is 26.3 Å². The van der Waals surface area contributed by atoms with Crippen LogP contribution in [0.4, 0.5) is 26.7 Å². The van der Waals surface area contributed by atoms with Gasteiger partial charge in [0.2, 0.25) is 0 Å². The molecule has 0 bridgehead atoms. The van der Waals surface area contributed by atoms with Crippen LogP contribution in [-0.2, 0) is 34.6 Å². The van der Waals surface area contributed by atoms with Crippen molar-refractivity contribution >= 4 is 145 Å². The van der Waals surface area contributed by atoms with Crippen LogP contribution in [0, 0.1) is 56.7 Å². The topological polar surface area (TPSA) is 432 Å². The van der Waals surface area contributed by atoms with E-state index < -0.39 is 28.1 Å².